The van der Waals surface area contributed by atoms with Crippen molar-refractivity contribution >= 4 is 52.9 Å². The second-order valence-electron chi connectivity index (χ2n) is 8.42. The molecule has 2 N–H and O–H groups in total. The number of hydrogen-bond acceptors (Lipinski definition) is 7. The maximum atomic E-state index is 13.2. The number of ether oxygens (including phenoxy) is 3. The predicted octanol–water partition coefficient (Wildman–Crippen LogP) is 5.32. The molecule has 0 radical (unpaired) electrons. The van der Waals surface area contributed by atoms with Crippen molar-refractivity contribution in [2.75, 3.05) is 25.2 Å². The van der Waals surface area contributed by atoms with Gasteiger partial charge in [-0.25, -0.2) is 0 Å². The van der Waals surface area contributed by atoms with Gasteiger partial charge in [-0.05, 0) is 55.3 Å². The third-order valence-electron chi connectivity index (χ3n) is 5.30. The van der Waals surface area contributed by atoms with Crippen molar-refractivity contribution < 1.29 is 23.8 Å². The molecule has 4 rings (SSSR count). The zero-order chi connectivity index (χ0) is 24.5. The maximum absolute atomic E-state index is 13.2. The third-order valence-corrected chi connectivity index (χ3v) is 6.76. The summed E-state index contributed by atoms with van der Waals surface area (Å²) in [6.07, 6.45) is 0. The third kappa shape index (κ3) is 5.90. The fourth-order valence-corrected chi connectivity index (χ4v) is 4.88. The van der Waals surface area contributed by atoms with Gasteiger partial charge >= 0.3 is 5.97 Å². The molecule has 0 unspecified atom stereocenters. The van der Waals surface area contributed by atoms with Gasteiger partial charge in [0.15, 0.2) is 11.5 Å². The Hall–Kier alpha value is -2.78. The van der Waals surface area contributed by atoms with E-state index in [0.29, 0.717) is 28.8 Å². The SMILES string of the molecule is COc1cc(N2Cc3cc(-c4ccc(Cl)cc4)sc3C2=O)ccc1OCC(C)(C)OC(=O)CN.Cl. The van der Waals surface area contributed by atoms with Gasteiger partial charge in [0.05, 0.1) is 25.1 Å². The smallest absolute Gasteiger partial charge is 0.320 e. The molecule has 0 fully saturated rings. The predicted molar refractivity (Wildman–Crippen MR) is 140 cm³/mol. The van der Waals surface area contributed by atoms with Crippen LogP contribution in [0.15, 0.2) is 48.5 Å². The molecular weight excluding hydrogens is 511 g/mol. The molecule has 2 heterocycles. The van der Waals surface area contributed by atoms with Gasteiger partial charge in [0.25, 0.3) is 5.91 Å². The van der Waals surface area contributed by atoms with Crippen molar-refractivity contribution in [2.24, 2.45) is 5.73 Å². The van der Waals surface area contributed by atoms with Crippen LogP contribution in [0.2, 0.25) is 5.02 Å². The van der Waals surface area contributed by atoms with E-state index in [0.717, 1.165) is 20.9 Å². The Balaban J connectivity index is 0.00000342. The van der Waals surface area contributed by atoms with Crippen LogP contribution < -0.4 is 20.1 Å². The number of amides is 1. The summed E-state index contributed by atoms with van der Waals surface area (Å²) < 4.78 is 16.6. The number of anilines is 1. The zero-order valence-electron chi connectivity index (χ0n) is 19.5. The fourth-order valence-electron chi connectivity index (χ4n) is 3.63. The van der Waals surface area contributed by atoms with Crippen LogP contribution in [0.1, 0.15) is 29.1 Å². The van der Waals surface area contributed by atoms with Crippen molar-refractivity contribution in [3.63, 3.8) is 0 Å². The van der Waals surface area contributed by atoms with Crippen LogP contribution in [0.3, 0.4) is 0 Å². The first-order valence-corrected chi connectivity index (χ1v) is 11.8. The van der Waals surface area contributed by atoms with Gasteiger partial charge in [-0.2, -0.15) is 0 Å². The number of nitrogens with zero attached hydrogens (tertiary/aromatic N) is 1. The topological polar surface area (TPSA) is 91.1 Å². The minimum atomic E-state index is -0.860. The number of hydrogen-bond donors (Lipinski definition) is 1. The highest BCUT2D eigenvalue weighted by Gasteiger charge is 2.32. The minimum absolute atomic E-state index is 0. The second-order valence-corrected chi connectivity index (χ2v) is 9.91. The van der Waals surface area contributed by atoms with Crippen LogP contribution in [0, 0.1) is 0 Å². The Morgan fingerprint density at radius 3 is 2.49 bits per heavy atom. The fraction of sp³-hybridized carbons (Fsp3) is 0.280. The number of esters is 1. The highest BCUT2D eigenvalue weighted by atomic mass is 35.5. The average Bonchev–Trinajstić information content (AvgIpc) is 3.37. The van der Waals surface area contributed by atoms with E-state index in [1.54, 1.807) is 30.9 Å². The number of carbonyl (C=O) groups excluding carboxylic acids is 2. The molecule has 3 aromatic rings. The monoisotopic (exact) mass is 536 g/mol. The summed E-state index contributed by atoms with van der Waals surface area (Å²) in [4.78, 5) is 28.1. The Labute approximate surface area is 219 Å². The molecule has 1 amide bonds. The summed E-state index contributed by atoms with van der Waals surface area (Å²) in [7, 11) is 1.53. The number of nitrogens with two attached hydrogens (primary N) is 1. The van der Waals surface area contributed by atoms with Crippen molar-refractivity contribution in [3.8, 4) is 21.9 Å². The Kier molecular flexibility index (Phi) is 8.33. The number of carbonyl (C=O) groups is 2. The van der Waals surface area contributed by atoms with Crippen molar-refractivity contribution in [1.82, 2.24) is 0 Å². The van der Waals surface area contributed by atoms with Gasteiger partial charge in [-0.15, -0.1) is 23.7 Å². The quantitative estimate of drug-likeness (QED) is 0.392. The van der Waals surface area contributed by atoms with Crippen LogP contribution in [0.5, 0.6) is 11.5 Å². The molecule has 1 aliphatic rings. The van der Waals surface area contributed by atoms with E-state index in [-0.39, 0.29) is 31.5 Å². The van der Waals surface area contributed by atoms with E-state index in [1.165, 1.54) is 18.4 Å². The first-order valence-electron chi connectivity index (χ1n) is 10.6. The molecule has 0 aliphatic carbocycles. The molecule has 1 aromatic heterocycles. The van der Waals surface area contributed by atoms with Crippen LogP contribution in [0.25, 0.3) is 10.4 Å². The van der Waals surface area contributed by atoms with E-state index in [2.05, 4.69) is 6.07 Å². The van der Waals surface area contributed by atoms with Gasteiger partial charge in [0.2, 0.25) is 0 Å². The highest BCUT2D eigenvalue weighted by Crippen LogP contribution is 2.40. The molecule has 0 atom stereocenters. The van der Waals surface area contributed by atoms with Crippen LogP contribution >= 0.6 is 35.3 Å². The van der Waals surface area contributed by atoms with Gasteiger partial charge < -0.3 is 24.8 Å². The van der Waals surface area contributed by atoms with Crippen LogP contribution in [-0.4, -0.2) is 37.7 Å². The summed E-state index contributed by atoms with van der Waals surface area (Å²) in [6, 6.07) is 15.0. The summed E-state index contributed by atoms with van der Waals surface area (Å²) in [5.41, 5.74) is 7.19. The molecular formula is C25H26Cl2N2O5S. The molecule has 0 spiro atoms. The van der Waals surface area contributed by atoms with Crippen LogP contribution in [0.4, 0.5) is 5.69 Å². The van der Waals surface area contributed by atoms with E-state index in [4.69, 9.17) is 31.5 Å². The van der Waals surface area contributed by atoms with Gasteiger partial charge in [-0.1, -0.05) is 23.7 Å². The van der Waals surface area contributed by atoms with Crippen molar-refractivity contribution in [1.29, 1.82) is 0 Å². The maximum Gasteiger partial charge on any atom is 0.320 e. The number of fused-ring (bicyclic) bond motifs is 1. The van der Waals surface area contributed by atoms with Crippen LogP contribution in [-0.2, 0) is 16.1 Å². The largest absolute Gasteiger partial charge is 0.493 e. The van der Waals surface area contributed by atoms with E-state index in [1.807, 2.05) is 30.3 Å². The molecule has 2 aromatic carbocycles. The summed E-state index contributed by atoms with van der Waals surface area (Å²) in [5, 5.41) is 0.677. The minimum Gasteiger partial charge on any atom is -0.493 e. The van der Waals surface area contributed by atoms with E-state index < -0.39 is 11.6 Å². The molecule has 1 aliphatic heterocycles. The summed E-state index contributed by atoms with van der Waals surface area (Å²) >= 11 is 7.46. The van der Waals surface area contributed by atoms with Gasteiger partial charge in [0.1, 0.15) is 12.2 Å². The summed E-state index contributed by atoms with van der Waals surface area (Å²) in [5.74, 6) is 0.402. The lowest BCUT2D eigenvalue weighted by Crippen LogP contribution is -2.37. The molecule has 7 nitrogen and oxygen atoms in total. The number of halogens is 2. The number of methoxy groups -OCH3 is 1. The first kappa shape index (κ1) is 26.8. The lowest BCUT2D eigenvalue weighted by molar-refractivity contribution is -0.157. The standard InChI is InChI=1S/C25H25ClN2O5S.ClH/c1-25(2,33-22(29)12-27)14-32-19-9-8-18(11-20(19)31-3)28-13-16-10-21(34-23(16)24(28)30)15-4-6-17(26)7-5-15;/h4-11H,12-14,27H2,1-3H3;1H. The molecule has 10 heteroatoms. The Morgan fingerprint density at radius 2 is 1.86 bits per heavy atom. The summed E-state index contributed by atoms with van der Waals surface area (Å²) in [6.45, 7) is 3.87. The number of thiophene rings is 1. The lowest BCUT2D eigenvalue weighted by Gasteiger charge is -2.25. The zero-order valence-corrected chi connectivity index (χ0v) is 21.9. The average molecular weight is 537 g/mol. The molecule has 0 saturated heterocycles. The molecule has 35 heavy (non-hydrogen) atoms. The highest BCUT2D eigenvalue weighted by molar-refractivity contribution is 7.17. The van der Waals surface area contributed by atoms with Crippen molar-refractivity contribution in [2.45, 2.75) is 26.0 Å². The number of rotatable bonds is 8. The van der Waals surface area contributed by atoms with Crippen molar-refractivity contribution in [3.05, 3.63) is 64.0 Å². The van der Waals surface area contributed by atoms with E-state index in [9.17, 15) is 9.59 Å². The molecule has 0 saturated carbocycles. The first-order chi connectivity index (χ1) is 16.2. The molecule has 0 bridgehead atoms. The normalized spacial score (nSPS) is 12.7. The number of benzene rings is 2. The lowest BCUT2D eigenvalue weighted by atomic mass is 10.1. The van der Waals surface area contributed by atoms with Gasteiger partial charge in [-0.3, -0.25) is 9.59 Å². The second kappa shape index (κ2) is 10.9. The Morgan fingerprint density at radius 1 is 1.14 bits per heavy atom. The van der Waals surface area contributed by atoms with Gasteiger partial charge in [0, 0.05) is 21.7 Å². The Bertz CT molecular complexity index is 1230. The molecule has 186 valence electrons. The van der Waals surface area contributed by atoms with E-state index >= 15 is 0 Å².